The molecule has 0 amide bonds. The molecule has 2 nitrogen and oxygen atoms in total. The molecule has 0 heterocycles. The summed E-state index contributed by atoms with van der Waals surface area (Å²) in [5.41, 5.74) is 8.03. The Morgan fingerprint density at radius 3 is 2.27 bits per heavy atom. The lowest BCUT2D eigenvalue weighted by Gasteiger charge is -2.05. The van der Waals surface area contributed by atoms with Crippen LogP contribution in [0.4, 0.5) is 10.1 Å². The average Bonchev–Trinajstić information content (AvgIpc) is 2.23. The molecule has 0 saturated heterocycles. The predicted molar refractivity (Wildman–Crippen MR) is 61.3 cm³/mol. The number of nitrogen functional groups attached to an aromatic ring is 1. The highest BCUT2D eigenvalue weighted by Crippen LogP contribution is 2.25. The van der Waals surface area contributed by atoms with Gasteiger partial charge in [0, 0.05) is 11.3 Å². The van der Waals surface area contributed by atoms with Crippen molar-refractivity contribution < 1.29 is 4.39 Å². The van der Waals surface area contributed by atoms with E-state index in [1.54, 1.807) is 6.07 Å². The zero-order valence-electron chi connectivity index (χ0n) is 8.28. The minimum absolute atomic E-state index is 0. The fourth-order valence-corrected chi connectivity index (χ4v) is 1.40. The lowest BCUT2D eigenvalue weighted by molar-refractivity contribution is 0.628. The van der Waals surface area contributed by atoms with Crippen LogP contribution < -0.4 is 11.9 Å². The highest BCUT2D eigenvalue weighted by Gasteiger charge is 2.02. The van der Waals surface area contributed by atoms with Gasteiger partial charge in [0.1, 0.15) is 5.82 Å². The van der Waals surface area contributed by atoms with Gasteiger partial charge in [0.2, 0.25) is 0 Å². The molecule has 0 radical (unpaired) electrons. The van der Waals surface area contributed by atoms with Crippen molar-refractivity contribution in [2.24, 2.45) is 0 Å². The lowest BCUT2D eigenvalue weighted by Crippen LogP contribution is -1.90. The van der Waals surface area contributed by atoms with Crippen molar-refractivity contribution in [2.75, 3.05) is 5.73 Å². The van der Waals surface area contributed by atoms with Crippen LogP contribution in [0.3, 0.4) is 0 Å². The highest BCUT2D eigenvalue weighted by atomic mass is 19.1. The van der Waals surface area contributed by atoms with Crippen molar-refractivity contribution in [3.8, 4) is 11.1 Å². The number of anilines is 1. The maximum absolute atomic E-state index is 13.0. The van der Waals surface area contributed by atoms with E-state index in [1.165, 1.54) is 12.1 Å². The molecular weight excluding hydrogens is 191 g/mol. The van der Waals surface area contributed by atoms with E-state index in [1.807, 2.05) is 30.3 Å². The van der Waals surface area contributed by atoms with E-state index in [0.29, 0.717) is 5.69 Å². The Kier molecular flexibility index (Phi) is 3.42. The van der Waals surface area contributed by atoms with Gasteiger partial charge in [-0.3, -0.25) is 0 Å². The van der Waals surface area contributed by atoms with Crippen molar-refractivity contribution >= 4 is 5.69 Å². The van der Waals surface area contributed by atoms with Gasteiger partial charge in [0.15, 0.2) is 0 Å². The van der Waals surface area contributed by atoms with E-state index in [9.17, 15) is 4.39 Å². The first-order valence-corrected chi connectivity index (χ1v) is 4.38. The molecule has 2 aromatic carbocycles. The molecule has 0 aliphatic rings. The van der Waals surface area contributed by atoms with Crippen molar-refractivity contribution in [3.05, 3.63) is 54.3 Å². The Hall–Kier alpha value is -1.87. The van der Waals surface area contributed by atoms with Gasteiger partial charge in [0.05, 0.1) is 0 Å². The number of halogens is 1. The van der Waals surface area contributed by atoms with E-state index in [4.69, 9.17) is 5.73 Å². The maximum Gasteiger partial charge on any atom is 0.123 e. The smallest absolute Gasteiger partial charge is 0.123 e. The summed E-state index contributed by atoms with van der Waals surface area (Å²) < 4.78 is 13.0. The zero-order valence-corrected chi connectivity index (χ0v) is 8.28. The van der Waals surface area contributed by atoms with Crippen LogP contribution in [0.5, 0.6) is 0 Å². The second-order valence-corrected chi connectivity index (χ2v) is 3.10. The van der Waals surface area contributed by atoms with Crippen molar-refractivity contribution in [3.63, 3.8) is 0 Å². The Morgan fingerprint density at radius 2 is 1.60 bits per heavy atom. The summed E-state index contributed by atoms with van der Waals surface area (Å²) >= 11 is 0. The van der Waals surface area contributed by atoms with Gasteiger partial charge >= 0.3 is 0 Å². The van der Waals surface area contributed by atoms with Gasteiger partial charge in [-0.1, -0.05) is 30.3 Å². The summed E-state index contributed by atoms with van der Waals surface area (Å²) in [6.07, 6.45) is 0. The molecule has 0 saturated carbocycles. The number of nitrogens with two attached hydrogens (primary N) is 1. The first-order chi connectivity index (χ1) is 6.77. The van der Waals surface area contributed by atoms with Crippen LogP contribution in [0.1, 0.15) is 0 Å². The van der Waals surface area contributed by atoms with Gasteiger partial charge < -0.3 is 11.9 Å². The Morgan fingerprint density at radius 1 is 0.933 bits per heavy atom. The van der Waals surface area contributed by atoms with Gasteiger partial charge in [-0.25, -0.2) is 4.39 Å². The van der Waals surface area contributed by atoms with Crippen LogP contribution in [0.15, 0.2) is 48.5 Å². The third-order valence-electron chi connectivity index (χ3n) is 2.10. The molecule has 78 valence electrons. The number of rotatable bonds is 1. The van der Waals surface area contributed by atoms with Gasteiger partial charge in [-0.05, 0) is 23.8 Å². The largest absolute Gasteiger partial charge is 0.398 e. The molecule has 0 fully saturated rings. The summed E-state index contributed by atoms with van der Waals surface area (Å²) in [7, 11) is 0. The van der Waals surface area contributed by atoms with Crippen LogP contribution in [0.25, 0.3) is 11.1 Å². The third-order valence-corrected chi connectivity index (χ3v) is 2.10. The normalized spacial score (nSPS) is 9.40. The SMILES string of the molecule is N.Nc1ccc(F)cc1-c1ccccc1. The molecule has 3 heteroatoms. The second kappa shape index (κ2) is 4.57. The Balaban J connectivity index is 0.00000112. The van der Waals surface area contributed by atoms with E-state index in [2.05, 4.69) is 0 Å². The van der Waals surface area contributed by atoms with E-state index in [-0.39, 0.29) is 12.0 Å². The van der Waals surface area contributed by atoms with Crippen LogP contribution in [0.2, 0.25) is 0 Å². The van der Waals surface area contributed by atoms with Crippen molar-refractivity contribution in [1.82, 2.24) is 6.15 Å². The minimum Gasteiger partial charge on any atom is -0.398 e. The molecule has 15 heavy (non-hydrogen) atoms. The molecule has 0 unspecified atom stereocenters. The molecule has 0 atom stereocenters. The quantitative estimate of drug-likeness (QED) is 0.700. The highest BCUT2D eigenvalue weighted by molar-refractivity contribution is 5.76. The van der Waals surface area contributed by atoms with Crippen LogP contribution in [-0.2, 0) is 0 Å². The van der Waals surface area contributed by atoms with Crippen molar-refractivity contribution in [1.29, 1.82) is 0 Å². The topological polar surface area (TPSA) is 61.0 Å². The predicted octanol–water partition coefficient (Wildman–Crippen LogP) is 3.24. The number of hydrogen-bond donors (Lipinski definition) is 2. The molecule has 2 aromatic rings. The third kappa shape index (κ3) is 2.33. The number of hydrogen-bond acceptors (Lipinski definition) is 2. The van der Waals surface area contributed by atoms with Crippen LogP contribution in [-0.4, -0.2) is 0 Å². The molecule has 0 aliphatic carbocycles. The first-order valence-electron chi connectivity index (χ1n) is 4.38. The molecule has 0 aliphatic heterocycles. The molecule has 0 aromatic heterocycles. The van der Waals surface area contributed by atoms with E-state index in [0.717, 1.165) is 11.1 Å². The molecule has 0 bridgehead atoms. The Bertz CT molecular complexity index is 441. The second-order valence-electron chi connectivity index (χ2n) is 3.10. The fourth-order valence-electron chi connectivity index (χ4n) is 1.40. The average molecular weight is 204 g/mol. The van der Waals surface area contributed by atoms with E-state index >= 15 is 0 Å². The minimum atomic E-state index is -0.266. The van der Waals surface area contributed by atoms with Gasteiger partial charge in [0.25, 0.3) is 0 Å². The van der Waals surface area contributed by atoms with Gasteiger partial charge in [-0.2, -0.15) is 0 Å². The summed E-state index contributed by atoms with van der Waals surface area (Å²) in [4.78, 5) is 0. The summed E-state index contributed by atoms with van der Waals surface area (Å²) in [6.45, 7) is 0. The van der Waals surface area contributed by atoms with E-state index < -0.39 is 0 Å². The summed E-state index contributed by atoms with van der Waals surface area (Å²) in [5, 5.41) is 0. The van der Waals surface area contributed by atoms with Crippen molar-refractivity contribution in [2.45, 2.75) is 0 Å². The monoisotopic (exact) mass is 204 g/mol. The number of benzene rings is 2. The molecular formula is C12H13FN2. The Labute approximate surface area is 88.1 Å². The zero-order chi connectivity index (χ0) is 9.97. The fraction of sp³-hybridized carbons (Fsp3) is 0. The van der Waals surface area contributed by atoms with Crippen LogP contribution in [0, 0.1) is 5.82 Å². The lowest BCUT2D eigenvalue weighted by atomic mass is 10.0. The molecule has 5 N–H and O–H groups in total. The summed E-state index contributed by atoms with van der Waals surface area (Å²) in [5.74, 6) is -0.266. The van der Waals surface area contributed by atoms with Crippen LogP contribution >= 0.6 is 0 Å². The first kappa shape index (κ1) is 11.2. The molecule has 0 spiro atoms. The maximum atomic E-state index is 13.0. The van der Waals surface area contributed by atoms with Gasteiger partial charge in [-0.15, -0.1) is 0 Å². The summed E-state index contributed by atoms with van der Waals surface area (Å²) in [6, 6.07) is 13.9. The standard InChI is InChI=1S/C12H10FN.H3N/c13-10-6-7-12(14)11(8-10)9-4-2-1-3-5-9;/h1-8H,14H2;1H3. The molecule has 2 rings (SSSR count).